The first-order valence-electron chi connectivity index (χ1n) is 5.47. The molecule has 4 heteroatoms. The van der Waals surface area contributed by atoms with Crippen molar-refractivity contribution in [1.82, 2.24) is 0 Å². The van der Waals surface area contributed by atoms with E-state index in [9.17, 15) is 0 Å². The summed E-state index contributed by atoms with van der Waals surface area (Å²) in [4.78, 5) is 0. The molecule has 2 aliphatic rings. The normalized spacial score (nSPS) is 19.9. The van der Waals surface area contributed by atoms with Gasteiger partial charge in [-0.15, -0.1) is 0 Å². The van der Waals surface area contributed by atoms with Crippen LogP contribution in [0.5, 0.6) is 11.5 Å². The van der Waals surface area contributed by atoms with Crippen molar-refractivity contribution in [2.24, 2.45) is 5.73 Å². The molecule has 0 saturated heterocycles. The summed E-state index contributed by atoms with van der Waals surface area (Å²) in [5.74, 6) is 1.72. The van der Waals surface area contributed by atoms with Crippen LogP contribution >= 0.6 is 15.9 Å². The molecule has 1 heterocycles. The Kier molecular flexibility index (Phi) is 2.20. The Morgan fingerprint density at radius 2 is 2.19 bits per heavy atom. The molecule has 2 N–H and O–H groups in total. The summed E-state index contributed by atoms with van der Waals surface area (Å²) in [6, 6.07) is 2.08. The van der Waals surface area contributed by atoms with Gasteiger partial charge in [0, 0.05) is 22.0 Å². The van der Waals surface area contributed by atoms with E-state index < -0.39 is 0 Å². The summed E-state index contributed by atoms with van der Waals surface area (Å²) in [6.07, 6.45) is 2.34. The van der Waals surface area contributed by atoms with E-state index in [-0.39, 0.29) is 5.41 Å². The first-order valence-corrected chi connectivity index (χ1v) is 6.26. The SMILES string of the molecule is Cc1c(Br)c(C2(CN)CC2)cc2c1OCO2. The second-order valence-corrected chi connectivity index (χ2v) is 5.37. The molecule has 0 bridgehead atoms. The van der Waals surface area contributed by atoms with Crippen LogP contribution in [-0.2, 0) is 5.41 Å². The van der Waals surface area contributed by atoms with Crippen LogP contribution in [0.3, 0.4) is 0 Å². The molecule has 1 aliphatic carbocycles. The van der Waals surface area contributed by atoms with Gasteiger partial charge in [-0.25, -0.2) is 0 Å². The highest BCUT2D eigenvalue weighted by atomic mass is 79.9. The van der Waals surface area contributed by atoms with Crippen LogP contribution in [0.2, 0.25) is 0 Å². The molecular weight excluding hydrogens is 270 g/mol. The zero-order chi connectivity index (χ0) is 11.3. The second kappa shape index (κ2) is 3.37. The van der Waals surface area contributed by atoms with E-state index in [4.69, 9.17) is 15.2 Å². The fourth-order valence-corrected chi connectivity index (χ4v) is 3.02. The van der Waals surface area contributed by atoms with E-state index >= 15 is 0 Å². The molecule has 0 spiro atoms. The first-order chi connectivity index (χ1) is 7.68. The molecule has 1 aliphatic heterocycles. The number of halogens is 1. The summed E-state index contributed by atoms with van der Waals surface area (Å²) in [7, 11) is 0. The van der Waals surface area contributed by atoms with Crippen molar-refractivity contribution in [2.45, 2.75) is 25.2 Å². The van der Waals surface area contributed by atoms with Gasteiger partial charge in [-0.1, -0.05) is 15.9 Å². The van der Waals surface area contributed by atoms with Gasteiger partial charge in [0.25, 0.3) is 0 Å². The van der Waals surface area contributed by atoms with E-state index in [1.54, 1.807) is 0 Å². The van der Waals surface area contributed by atoms with Gasteiger partial charge in [0.2, 0.25) is 6.79 Å². The first kappa shape index (κ1) is 10.4. The topological polar surface area (TPSA) is 44.5 Å². The molecule has 1 aromatic carbocycles. The van der Waals surface area contributed by atoms with E-state index in [1.165, 1.54) is 18.4 Å². The summed E-state index contributed by atoms with van der Waals surface area (Å²) < 4.78 is 12.0. The van der Waals surface area contributed by atoms with Crippen molar-refractivity contribution in [3.05, 3.63) is 21.7 Å². The molecule has 0 amide bonds. The van der Waals surface area contributed by atoms with Gasteiger partial charge in [0.05, 0.1) is 0 Å². The van der Waals surface area contributed by atoms with Crippen molar-refractivity contribution >= 4 is 15.9 Å². The Balaban J connectivity index is 2.17. The molecule has 0 unspecified atom stereocenters. The van der Waals surface area contributed by atoms with Gasteiger partial charge in [-0.3, -0.25) is 0 Å². The van der Waals surface area contributed by atoms with Gasteiger partial charge in [0.1, 0.15) is 0 Å². The summed E-state index contributed by atoms with van der Waals surface area (Å²) >= 11 is 3.66. The maximum Gasteiger partial charge on any atom is 0.231 e. The van der Waals surface area contributed by atoms with Crippen molar-refractivity contribution < 1.29 is 9.47 Å². The minimum absolute atomic E-state index is 0.171. The van der Waals surface area contributed by atoms with Crippen LogP contribution in [0.15, 0.2) is 10.5 Å². The third-order valence-corrected chi connectivity index (χ3v) is 4.66. The average molecular weight is 284 g/mol. The number of rotatable bonds is 2. The van der Waals surface area contributed by atoms with Crippen molar-refractivity contribution in [3.63, 3.8) is 0 Å². The van der Waals surface area contributed by atoms with Crippen LogP contribution < -0.4 is 15.2 Å². The monoisotopic (exact) mass is 283 g/mol. The predicted molar refractivity (Wildman–Crippen MR) is 65.0 cm³/mol. The quantitative estimate of drug-likeness (QED) is 0.907. The fourth-order valence-electron chi connectivity index (χ4n) is 2.31. The minimum atomic E-state index is 0.171. The number of benzene rings is 1. The van der Waals surface area contributed by atoms with Crippen LogP contribution in [0.4, 0.5) is 0 Å². The largest absolute Gasteiger partial charge is 0.454 e. The number of ether oxygens (including phenoxy) is 2. The standard InChI is InChI=1S/C12H14BrNO2/c1-7-10(13)8(12(5-14)2-3-12)4-9-11(7)16-6-15-9/h4H,2-3,5-6,14H2,1H3. The number of fused-ring (bicyclic) bond motifs is 1. The molecule has 3 nitrogen and oxygen atoms in total. The van der Waals surface area contributed by atoms with Gasteiger partial charge in [0.15, 0.2) is 11.5 Å². The lowest BCUT2D eigenvalue weighted by Gasteiger charge is -2.17. The molecule has 1 aromatic rings. The number of hydrogen-bond donors (Lipinski definition) is 1. The number of nitrogens with two attached hydrogens (primary N) is 1. The van der Waals surface area contributed by atoms with E-state index in [2.05, 4.69) is 22.0 Å². The Morgan fingerprint density at radius 3 is 2.81 bits per heavy atom. The highest BCUT2D eigenvalue weighted by molar-refractivity contribution is 9.10. The Labute approximate surface area is 103 Å². The van der Waals surface area contributed by atoms with Gasteiger partial charge in [-0.05, 0) is 31.4 Å². The second-order valence-electron chi connectivity index (χ2n) is 4.58. The number of hydrogen-bond acceptors (Lipinski definition) is 3. The van der Waals surface area contributed by atoms with Gasteiger partial charge >= 0.3 is 0 Å². The Morgan fingerprint density at radius 1 is 1.44 bits per heavy atom. The third kappa shape index (κ3) is 1.29. The van der Waals surface area contributed by atoms with Crippen molar-refractivity contribution in [2.75, 3.05) is 13.3 Å². The molecule has 0 atom stereocenters. The summed E-state index contributed by atoms with van der Waals surface area (Å²) in [5.41, 5.74) is 8.43. The zero-order valence-electron chi connectivity index (χ0n) is 9.18. The summed E-state index contributed by atoms with van der Waals surface area (Å²) in [6.45, 7) is 3.07. The minimum Gasteiger partial charge on any atom is -0.454 e. The lowest BCUT2D eigenvalue weighted by atomic mass is 9.94. The maximum absolute atomic E-state index is 5.87. The van der Waals surface area contributed by atoms with Crippen LogP contribution in [-0.4, -0.2) is 13.3 Å². The van der Waals surface area contributed by atoms with Crippen LogP contribution in [0.1, 0.15) is 24.0 Å². The third-order valence-electron chi connectivity index (χ3n) is 3.64. The average Bonchev–Trinajstić information content (AvgIpc) is 2.95. The van der Waals surface area contributed by atoms with E-state index in [1.807, 2.05) is 6.92 Å². The summed E-state index contributed by atoms with van der Waals surface area (Å²) in [5, 5.41) is 0. The lowest BCUT2D eigenvalue weighted by Crippen LogP contribution is -2.20. The maximum atomic E-state index is 5.87. The van der Waals surface area contributed by atoms with Crippen molar-refractivity contribution in [3.8, 4) is 11.5 Å². The van der Waals surface area contributed by atoms with Crippen molar-refractivity contribution in [1.29, 1.82) is 0 Å². The molecule has 3 rings (SSSR count). The molecule has 0 radical (unpaired) electrons. The highest BCUT2D eigenvalue weighted by Gasteiger charge is 2.45. The predicted octanol–water partition coefficient (Wildman–Crippen LogP) is 2.48. The molecule has 86 valence electrons. The smallest absolute Gasteiger partial charge is 0.231 e. The van der Waals surface area contributed by atoms with Crippen LogP contribution in [0.25, 0.3) is 0 Å². The lowest BCUT2D eigenvalue weighted by molar-refractivity contribution is 0.173. The molecule has 16 heavy (non-hydrogen) atoms. The van der Waals surface area contributed by atoms with Gasteiger partial charge in [-0.2, -0.15) is 0 Å². The molecule has 1 fully saturated rings. The molecule has 0 aromatic heterocycles. The van der Waals surface area contributed by atoms with Crippen LogP contribution in [0, 0.1) is 6.92 Å². The Hall–Kier alpha value is -0.740. The fraction of sp³-hybridized carbons (Fsp3) is 0.500. The molecule has 1 saturated carbocycles. The van der Waals surface area contributed by atoms with E-state index in [0.29, 0.717) is 13.3 Å². The molecular formula is C12H14BrNO2. The highest BCUT2D eigenvalue weighted by Crippen LogP contribution is 2.53. The Bertz CT molecular complexity index is 455. The van der Waals surface area contributed by atoms with E-state index in [0.717, 1.165) is 21.5 Å². The zero-order valence-corrected chi connectivity index (χ0v) is 10.8. The van der Waals surface area contributed by atoms with Gasteiger partial charge < -0.3 is 15.2 Å².